The summed E-state index contributed by atoms with van der Waals surface area (Å²) >= 11 is 1.26. The summed E-state index contributed by atoms with van der Waals surface area (Å²) in [5.41, 5.74) is -0.637. The van der Waals surface area contributed by atoms with Crippen molar-refractivity contribution in [3.63, 3.8) is 0 Å². The van der Waals surface area contributed by atoms with Gasteiger partial charge in [-0.15, -0.1) is 11.3 Å². The monoisotopic (exact) mass is 603 g/mol. The van der Waals surface area contributed by atoms with E-state index < -0.39 is 59.7 Å². The molecule has 1 aliphatic carbocycles. The fourth-order valence-electron chi connectivity index (χ4n) is 6.20. The lowest BCUT2D eigenvalue weighted by Crippen LogP contribution is -2.50. The number of benzene rings is 1. The molecule has 222 valence electrons. The zero-order chi connectivity index (χ0) is 30.0. The van der Waals surface area contributed by atoms with E-state index in [1.54, 1.807) is 31.5 Å². The first-order valence-electron chi connectivity index (χ1n) is 13.5. The molecule has 0 bridgehead atoms. The first-order chi connectivity index (χ1) is 20.0. The molecule has 14 heteroatoms. The van der Waals surface area contributed by atoms with E-state index in [0.29, 0.717) is 10.6 Å². The first kappa shape index (κ1) is 28.3. The highest BCUT2D eigenvalue weighted by atomic mass is 32.1. The molecule has 42 heavy (non-hydrogen) atoms. The summed E-state index contributed by atoms with van der Waals surface area (Å²) in [6, 6.07) is 2.08. The Labute approximate surface area is 242 Å². The third kappa shape index (κ3) is 4.47. The van der Waals surface area contributed by atoms with Gasteiger partial charge in [0.25, 0.3) is 5.92 Å². The average Bonchev–Trinajstić information content (AvgIpc) is 3.28. The normalized spacial score (nSPS) is 26.1. The third-order valence-corrected chi connectivity index (χ3v) is 9.27. The summed E-state index contributed by atoms with van der Waals surface area (Å²) in [6.07, 6.45) is 1.98. The number of carboxylic acids is 1. The summed E-state index contributed by atoms with van der Waals surface area (Å²) in [5, 5.41) is 15.0. The predicted octanol–water partition coefficient (Wildman–Crippen LogP) is 2.89. The number of halogens is 3. The van der Waals surface area contributed by atoms with Crippen molar-refractivity contribution in [3.8, 4) is 0 Å². The molecule has 3 fully saturated rings. The van der Waals surface area contributed by atoms with Crippen LogP contribution in [0.2, 0.25) is 0 Å². The van der Waals surface area contributed by atoms with Crippen LogP contribution >= 0.6 is 11.3 Å². The second-order valence-corrected chi connectivity index (χ2v) is 11.8. The van der Waals surface area contributed by atoms with E-state index in [1.165, 1.54) is 28.4 Å². The average molecular weight is 604 g/mol. The maximum absolute atomic E-state index is 15.4. The van der Waals surface area contributed by atoms with Crippen LogP contribution in [0.5, 0.6) is 0 Å². The Balaban J connectivity index is 1.43. The minimum Gasteiger partial charge on any atom is -0.479 e. The van der Waals surface area contributed by atoms with E-state index in [2.05, 4.69) is 10.3 Å². The number of alkyl halides is 2. The Morgan fingerprint density at radius 2 is 2.05 bits per heavy atom. The minimum atomic E-state index is -3.28. The van der Waals surface area contributed by atoms with Crippen LogP contribution in [-0.4, -0.2) is 87.3 Å². The van der Waals surface area contributed by atoms with Gasteiger partial charge in [0, 0.05) is 30.4 Å². The molecule has 3 unspecified atom stereocenters. The number of amides is 1. The molecule has 4 aliphatic rings. The zero-order valence-corrected chi connectivity index (χ0v) is 23.6. The van der Waals surface area contributed by atoms with Gasteiger partial charge in [-0.05, 0) is 43.9 Å². The van der Waals surface area contributed by atoms with Crippen LogP contribution in [0.25, 0.3) is 0 Å². The number of hydrogen-bond donors (Lipinski definition) is 2. The van der Waals surface area contributed by atoms with Crippen LogP contribution in [0.4, 0.5) is 13.2 Å². The molecule has 10 nitrogen and oxygen atoms in total. The van der Waals surface area contributed by atoms with E-state index in [0.717, 1.165) is 4.90 Å². The maximum atomic E-state index is 15.4. The van der Waals surface area contributed by atoms with Crippen LogP contribution in [0.1, 0.15) is 41.9 Å². The number of esters is 1. The fourth-order valence-corrected chi connectivity index (χ4v) is 6.79. The number of ether oxygens (including phenoxy) is 1. The van der Waals surface area contributed by atoms with Crippen LogP contribution in [0.3, 0.4) is 0 Å². The van der Waals surface area contributed by atoms with Crippen molar-refractivity contribution in [1.29, 1.82) is 0 Å². The number of fused-ring (bicyclic) bond motifs is 1. The van der Waals surface area contributed by atoms with E-state index in [1.807, 2.05) is 0 Å². The standard InChI is InChI=1S/C28H28F3N5O5S/c1-3-41-25(38)19-18(33-22(23-32-9-10-42-23)34-20(19)15-5-4-6-17(29)14(15)2)12-35-13-28(30,31)16-11-36(24(37)21(16)35)27(7-8-27)26(39)40/h4-6,9-10,16,20-21H,3,7-8,11-13H2,1-2H3,(H,33,34)(H,39,40). The lowest BCUT2D eigenvalue weighted by atomic mass is 9.92. The maximum Gasteiger partial charge on any atom is 0.338 e. The predicted molar refractivity (Wildman–Crippen MR) is 144 cm³/mol. The SMILES string of the molecule is CCOC(=O)C1=C(CN2CC(F)(F)C3CN(C4(C(=O)O)CC4)C(=O)C32)NC(c2nccs2)=NC1c1cccc(F)c1C. The van der Waals surface area contributed by atoms with Crippen molar-refractivity contribution in [1.82, 2.24) is 20.1 Å². The van der Waals surface area contributed by atoms with Crippen LogP contribution in [0, 0.1) is 18.7 Å². The molecule has 1 aromatic carbocycles. The Morgan fingerprint density at radius 3 is 2.69 bits per heavy atom. The Kier molecular flexibility index (Phi) is 6.88. The highest BCUT2D eigenvalue weighted by molar-refractivity contribution is 7.11. The molecule has 1 aromatic heterocycles. The number of nitrogens with one attached hydrogen (secondary N) is 1. The summed E-state index contributed by atoms with van der Waals surface area (Å²) in [5.74, 6) is -7.58. The third-order valence-electron chi connectivity index (χ3n) is 8.49. The molecular formula is C28H28F3N5O5S. The number of carbonyl (C=O) groups is 3. The van der Waals surface area contributed by atoms with Crippen molar-refractivity contribution in [2.45, 2.75) is 50.2 Å². The van der Waals surface area contributed by atoms with Crippen molar-refractivity contribution in [2.24, 2.45) is 10.9 Å². The Morgan fingerprint density at radius 1 is 1.29 bits per heavy atom. The van der Waals surface area contributed by atoms with Crippen molar-refractivity contribution >= 4 is 35.0 Å². The molecule has 2 saturated heterocycles. The summed E-state index contributed by atoms with van der Waals surface area (Å²) < 4.78 is 50.9. The molecule has 4 heterocycles. The number of nitrogens with zero attached hydrogens (tertiary/aromatic N) is 4. The number of rotatable bonds is 8. The highest BCUT2D eigenvalue weighted by Gasteiger charge is 2.68. The molecule has 1 saturated carbocycles. The second-order valence-electron chi connectivity index (χ2n) is 10.9. The highest BCUT2D eigenvalue weighted by Crippen LogP contribution is 2.51. The van der Waals surface area contributed by atoms with E-state index in [-0.39, 0.29) is 55.2 Å². The van der Waals surface area contributed by atoms with Gasteiger partial charge in [0.1, 0.15) is 23.4 Å². The molecule has 0 spiro atoms. The van der Waals surface area contributed by atoms with Crippen molar-refractivity contribution < 1.29 is 37.4 Å². The number of carbonyl (C=O) groups excluding carboxylic acids is 2. The number of amidine groups is 1. The summed E-state index contributed by atoms with van der Waals surface area (Å²) in [7, 11) is 0. The summed E-state index contributed by atoms with van der Waals surface area (Å²) in [4.78, 5) is 50.3. The zero-order valence-electron chi connectivity index (χ0n) is 22.8. The van der Waals surface area contributed by atoms with Gasteiger partial charge in [0.05, 0.1) is 24.6 Å². The van der Waals surface area contributed by atoms with E-state index in [9.17, 15) is 23.9 Å². The molecule has 2 N–H and O–H groups in total. The smallest absolute Gasteiger partial charge is 0.338 e. The summed E-state index contributed by atoms with van der Waals surface area (Å²) in [6.45, 7) is 1.77. The molecule has 3 atom stereocenters. The van der Waals surface area contributed by atoms with Crippen molar-refractivity contribution in [2.75, 3.05) is 26.2 Å². The molecule has 2 aromatic rings. The topological polar surface area (TPSA) is 124 Å². The van der Waals surface area contributed by atoms with Crippen molar-refractivity contribution in [3.05, 3.63) is 63.0 Å². The number of thiazole rings is 1. The van der Waals surface area contributed by atoms with Gasteiger partial charge in [-0.25, -0.2) is 27.7 Å². The number of carboxylic acid groups (broad SMARTS) is 1. The molecule has 6 rings (SSSR count). The van der Waals surface area contributed by atoms with Gasteiger partial charge < -0.3 is 20.1 Å². The van der Waals surface area contributed by atoms with E-state index in [4.69, 9.17) is 9.73 Å². The number of aliphatic carboxylic acids is 1. The van der Waals surface area contributed by atoms with Crippen LogP contribution < -0.4 is 5.32 Å². The van der Waals surface area contributed by atoms with Gasteiger partial charge in [-0.3, -0.25) is 14.7 Å². The van der Waals surface area contributed by atoms with Crippen LogP contribution in [0.15, 0.2) is 46.0 Å². The number of likely N-dealkylation sites (tertiary alicyclic amines) is 2. The lowest BCUT2D eigenvalue weighted by molar-refractivity contribution is -0.151. The number of aliphatic imine (C=N–C) groups is 1. The molecule has 3 aliphatic heterocycles. The lowest BCUT2D eigenvalue weighted by Gasteiger charge is -2.32. The Bertz CT molecular complexity index is 1520. The molecule has 0 radical (unpaired) electrons. The fraction of sp³-hybridized carbons (Fsp3) is 0.464. The number of aromatic nitrogens is 1. The van der Waals surface area contributed by atoms with Gasteiger partial charge in [-0.2, -0.15) is 0 Å². The quantitative estimate of drug-likeness (QED) is 0.442. The van der Waals surface area contributed by atoms with Gasteiger partial charge >= 0.3 is 11.9 Å². The molecule has 1 amide bonds. The van der Waals surface area contributed by atoms with Gasteiger partial charge in [0.2, 0.25) is 5.91 Å². The minimum absolute atomic E-state index is 0.00382. The first-order valence-corrected chi connectivity index (χ1v) is 14.4. The number of hydrogen-bond acceptors (Lipinski definition) is 9. The Hall–Kier alpha value is -3.78. The molecular weight excluding hydrogens is 575 g/mol. The van der Waals surface area contributed by atoms with Gasteiger partial charge in [0.15, 0.2) is 10.8 Å². The van der Waals surface area contributed by atoms with Crippen LogP contribution in [-0.2, 0) is 19.1 Å². The largest absolute Gasteiger partial charge is 0.479 e. The van der Waals surface area contributed by atoms with E-state index >= 15 is 8.78 Å². The second kappa shape index (κ2) is 10.2. The van der Waals surface area contributed by atoms with Gasteiger partial charge in [-0.1, -0.05) is 12.1 Å².